The second-order valence-electron chi connectivity index (χ2n) is 6.70. The number of halogens is 1. The number of nitrogens with one attached hydrogen (secondary N) is 2. The molecule has 2 aromatic carbocycles. The lowest BCUT2D eigenvalue weighted by molar-refractivity contribution is 0.0784. The smallest absolute Gasteiger partial charge is 0.253 e. The quantitative estimate of drug-likeness (QED) is 0.745. The van der Waals surface area contributed by atoms with Gasteiger partial charge in [-0.3, -0.25) is 9.79 Å². The third-order valence-electron chi connectivity index (χ3n) is 4.59. The zero-order chi connectivity index (χ0) is 20.8. The predicted octanol–water partition coefficient (Wildman–Crippen LogP) is 2.16. The number of carbonyl (C=O) groups excluding carboxylic acids is 1. The molecule has 1 aliphatic heterocycles. The van der Waals surface area contributed by atoms with Crippen molar-refractivity contribution in [2.24, 2.45) is 4.99 Å². The van der Waals surface area contributed by atoms with Crippen LogP contribution < -0.4 is 20.1 Å². The van der Waals surface area contributed by atoms with Crippen molar-refractivity contribution in [3.63, 3.8) is 0 Å². The number of hydrogen-bond acceptors (Lipinski definition) is 6. The maximum atomic E-state index is 14.2. The van der Waals surface area contributed by atoms with E-state index in [1.165, 1.54) is 12.1 Å². The van der Waals surface area contributed by atoms with Gasteiger partial charge in [0.15, 0.2) is 5.96 Å². The summed E-state index contributed by atoms with van der Waals surface area (Å²) in [7, 11) is 4.86. The van der Waals surface area contributed by atoms with Crippen molar-refractivity contribution < 1.29 is 18.7 Å². The van der Waals surface area contributed by atoms with Crippen molar-refractivity contribution in [1.29, 1.82) is 0 Å². The first-order valence-electron chi connectivity index (χ1n) is 9.28. The molecule has 0 radical (unpaired) electrons. The lowest BCUT2D eigenvalue weighted by Gasteiger charge is -2.19. The number of guanidine groups is 1. The zero-order valence-electron chi connectivity index (χ0n) is 16.8. The van der Waals surface area contributed by atoms with Gasteiger partial charge in [-0.25, -0.2) is 4.39 Å². The number of carbonyl (C=O) groups is 1. The Morgan fingerprint density at radius 1 is 1.21 bits per heavy atom. The number of ether oxygens (including phenoxy) is 2. The summed E-state index contributed by atoms with van der Waals surface area (Å²) in [5, 5.41) is 6.11. The summed E-state index contributed by atoms with van der Waals surface area (Å²) >= 11 is 0. The molecule has 1 aliphatic rings. The first kappa shape index (κ1) is 20.4. The van der Waals surface area contributed by atoms with Gasteiger partial charge in [-0.1, -0.05) is 0 Å². The summed E-state index contributed by atoms with van der Waals surface area (Å²) in [6.45, 7) is 2.07. The Bertz CT molecular complexity index is 895. The number of aliphatic imine (C=N–C) groups is 1. The maximum Gasteiger partial charge on any atom is 0.253 e. The van der Waals surface area contributed by atoms with E-state index < -0.39 is 0 Å². The highest BCUT2D eigenvalue weighted by atomic mass is 19.1. The van der Waals surface area contributed by atoms with E-state index in [1.807, 2.05) is 12.1 Å². The van der Waals surface area contributed by atoms with Crippen LogP contribution in [0.4, 0.5) is 4.39 Å². The summed E-state index contributed by atoms with van der Waals surface area (Å²) in [6.07, 6.45) is 0. The number of benzene rings is 2. The summed E-state index contributed by atoms with van der Waals surface area (Å²) in [5.41, 5.74) is 1.69. The van der Waals surface area contributed by atoms with E-state index >= 15 is 0 Å². The van der Waals surface area contributed by atoms with Crippen molar-refractivity contribution in [3.05, 3.63) is 58.9 Å². The van der Waals surface area contributed by atoms with Crippen LogP contribution in [-0.2, 0) is 13.1 Å². The largest absolute Gasteiger partial charge is 0.497 e. The van der Waals surface area contributed by atoms with Gasteiger partial charge >= 0.3 is 0 Å². The minimum absolute atomic E-state index is 0.204. The fourth-order valence-corrected chi connectivity index (χ4v) is 3.06. The van der Waals surface area contributed by atoms with Crippen molar-refractivity contribution in [1.82, 2.24) is 15.5 Å². The standard InChI is InChI=1S/C21H25FN4O3/c1-26(13-14-8-17(28-2)11-18(9-14)29-3)20(27)15-4-5-19(22)16(10-15)12-25-21-23-6-7-24-21/h4-5,8-11H,6-7,12-13H2,1-3H3,(H2,23,24,25). The van der Waals surface area contributed by atoms with Crippen LogP contribution in [0, 0.1) is 5.82 Å². The summed E-state index contributed by atoms with van der Waals surface area (Å²) in [5.74, 6) is 1.37. The Labute approximate surface area is 169 Å². The molecular weight excluding hydrogens is 375 g/mol. The van der Waals surface area contributed by atoms with E-state index in [1.54, 1.807) is 38.3 Å². The first-order valence-corrected chi connectivity index (χ1v) is 9.28. The molecule has 8 heteroatoms. The van der Waals surface area contributed by atoms with Gasteiger partial charge in [-0.15, -0.1) is 0 Å². The van der Waals surface area contributed by atoms with Crippen LogP contribution in [0.2, 0.25) is 0 Å². The number of rotatable bonds is 7. The predicted molar refractivity (Wildman–Crippen MR) is 109 cm³/mol. The van der Waals surface area contributed by atoms with Crippen molar-refractivity contribution in [3.8, 4) is 11.5 Å². The highest BCUT2D eigenvalue weighted by Gasteiger charge is 2.16. The average Bonchev–Trinajstić information content (AvgIpc) is 3.25. The van der Waals surface area contributed by atoms with Crippen molar-refractivity contribution in [2.45, 2.75) is 13.1 Å². The highest BCUT2D eigenvalue weighted by molar-refractivity contribution is 5.94. The minimum Gasteiger partial charge on any atom is -0.497 e. The second kappa shape index (κ2) is 9.27. The Balaban J connectivity index is 1.71. The first-order chi connectivity index (χ1) is 14.0. The average molecular weight is 400 g/mol. The molecule has 0 spiro atoms. The fourth-order valence-electron chi connectivity index (χ4n) is 3.06. The molecule has 29 heavy (non-hydrogen) atoms. The number of nitrogens with zero attached hydrogens (tertiary/aromatic N) is 2. The summed E-state index contributed by atoms with van der Waals surface area (Å²) in [4.78, 5) is 18.7. The molecule has 0 saturated carbocycles. The van der Waals surface area contributed by atoms with Crippen LogP contribution in [0.1, 0.15) is 21.5 Å². The number of amides is 1. The maximum absolute atomic E-state index is 14.2. The van der Waals surface area contributed by atoms with Crippen LogP contribution in [-0.4, -0.2) is 51.1 Å². The van der Waals surface area contributed by atoms with Crippen LogP contribution in [0.25, 0.3) is 0 Å². The topological polar surface area (TPSA) is 75.2 Å². The van der Waals surface area contributed by atoms with Gasteiger partial charge in [0.05, 0.1) is 20.8 Å². The molecule has 1 heterocycles. The third-order valence-corrected chi connectivity index (χ3v) is 4.59. The molecular formula is C21H25FN4O3. The van der Waals surface area contributed by atoms with Gasteiger partial charge in [0.2, 0.25) is 0 Å². The lowest BCUT2D eigenvalue weighted by Crippen LogP contribution is -2.33. The van der Waals surface area contributed by atoms with Crippen LogP contribution in [0.15, 0.2) is 41.4 Å². The molecule has 0 atom stereocenters. The Morgan fingerprint density at radius 3 is 2.55 bits per heavy atom. The summed E-state index contributed by atoms with van der Waals surface area (Å²) in [6, 6.07) is 9.85. The molecule has 0 fully saturated rings. The van der Waals surface area contributed by atoms with Gasteiger partial charge in [-0.05, 0) is 35.9 Å². The van der Waals surface area contributed by atoms with Crippen LogP contribution in [0.3, 0.4) is 0 Å². The third kappa shape index (κ3) is 5.16. The molecule has 1 amide bonds. The highest BCUT2D eigenvalue weighted by Crippen LogP contribution is 2.23. The van der Waals surface area contributed by atoms with Gasteiger partial charge in [0.25, 0.3) is 5.91 Å². The molecule has 0 aromatic heterocycles. The van der Waals surface area contributed by atoms with E-state index in [2.05, 4.69) is 15.6 Å². The van der Waals surface area contributed by atoms with Crippen LogP contribution in [0.5, 0.6) is 11.5 Å². The monoisotopic (exact) mass is 400 g/mol. The Hall–Kier alpha value is -3.29. The Kier molecular flexibility index (Phi) is 6.54. The molecule has 2 aromatic rings. The summed E-state index contributed by atoms with van der Waals surface area (Å²) < 4.78 is 24.7. The lowest BCUT2D eigenvalue weighted by atomic mass is 10.1. The SMILES string of the molecule is COc1cc(CN(C)C(=O)c2ccc(F)c(CNC3=NCCN3)c2)cc(OC)c1. The van der Waals surface area contributed by atoms with E-state index in [0.717, 1.165) is 12.1 Å². The normalized spacial score (nSPS) is 12.8. The van der Waals surface area contributed by atoms with Crippen molar-refractivity contribution in [2.75, 3.05) is 34.4 Å². The molecule has 7 nitrogen and oxygen atoms in total. The molecule has 154 valence electrons. The minimum atomic E-state index is -0.368. The molecule has 0 unspecified atom stereocenters. The van der Waals surface area contributed by atoms with E-state index in [4.69, 9.17) is 9.47 Å². The van der Waals surface area contributed by atoms with Gasteiger partial charge in [0.1, 0.15) is 17.3 Å². The van der Waals surface area contributed by atoms with Gasteiger partial charge in [-0.2, -0.15) is 0 Å². The van der Waals surface area contributed by atoms with E-state index in [0.29, 0.717) is 41.7 Å². The Morgan fingerprint density at radius 2 is 1.93 bits per heavy atom. The number of methoxy groups -OCH3 is 2. The zero-order valence-corrected chi connectivity index (χ0v) is 16.8. The molecule has 0 saturated heterocycles. The van der Waals surface area contributed by atoms with Crippen LogP contribution >= 0.6 is 0 Å². The molecule has 0 bridgehead atoms. The van der Waals surface area contributed by atoms with Crippen molar-refractivity contribution >= 4 is 11.9 Å². The van der Waals surface area contributed by atoms with Gasteiger partial charge in [0, 0.05) is 43.9 Å². The second-order valence-corrected chi connectivity index (χ2v) is 6.70. The molecule has 0 aliphatic carbocycles. The molecule has 2 N–H and O–H groups in total. The van der Waals surface area contributed by atoms with E-state index in [-0.39, 0.29) is 18.3 Å². The van der Waals surface area contributed by atoms with E-state index in [9.17, 15) is 9.18 Å². The number of hydrogen-bond donors (Lipinski definition) is 2. The fraction of sp³-hybridized carbons (Fsp3) is 0.333. The molecule has 3 rings (SSSR count). The van der Waals surface area contributed by atoms with Gasteiger partial charge < -0.3 is 25.0 Å².